The van der Waals surface area contributed by atoms with Crippen molar-refractivity contribution in [3.8, 4) is 40.3 Å². The van der Waals surface area contributed by atoms with Gasteiger partial charge in [-0.05, 0) is 42.5 Å². The third kappa shape index (κ3) is 5.38. The first-order valence-corrected chi connectivity index (χ1v) is 27.6. The van der Waals surface area contributed by atoms with Crippen LogP contribution in [-0.4, -0.2) is 18.7 Å². The third-order valence-electron chi connectivity index (χ3n) is 15.8. The summed E-state index contributed by atoms with van der Waals surface area (Å²) in [5.41, 5.74) is 9.96. The van der Waals surface area contributed by atoms with E-state index in [1.807, 2.05) is 12.3 Å². The molecule has 0 saturated heterocycles. The van der Waals surface area contributed by atoms with E-state index in [9.17, 15) is 10.5 Å². The average molecular weight is 1020 g/mol. The highest BCUT2D eigenvalue weighted by atomic mass is 32.1. The second-order valence-electron chi connectivity index (χ2n) is 19.5. The minimum Gasteiger partial charge on any atom is -0.305 e. The van der Waals surface area contributed by atoms with Crippen LogP contribution in [0.2, 0.25) is 0 Å². The Kier molecular flexibility index (Phi) is 8.51. The number of thiophene rings is 3. The molecule has 9 heteroatoms. The zero-order valence-corrected chi connectivity index (χ0v) is 42.5. The molecule has 76 heavy (non-hydrogen) atoms. The summed E-state index contributed by atoms with van der Waals surface area (Å²) in [7, 11) is 0. The summed E-state index contributed by atoms with van der Waals surface area (Å²) in [6.07, 6.45) is 3.67. The van der Waals surface area contributed by atoms with Crippen molar-refractivity contribution in [2.75, 3.05) is 0 Å². The number of nitrogens with zero attached hydrogens (tertiary/aromatic N) is 6. The molecule has 17 rings (SSSR count). The highest BCUT2D eigenvalue weighted by molar-refractivity contribution is 7.27. The highest BCUT2D eigenvalue weighted by Gasteiger charge is 2.35. The quantitative estimate of drug-likeness (QED) is 0.176. The highest BCUT2D eigenvalue weighted by Crippen LogP contribution is 2.53. The Bertz CT molecular complexity index is 5510. The second-order valence-corrected chi connectivity index (χ2v) is 22.7. The van der Waals surface area contributed by atoms with Gasteiger partial charge in [0.05, 0.1) is 69.8 Å². The SMILES string of the molecule is N#Cc1c(-c2cccnc2)c(-n2c3ccccc3c3ccc4c5ccccc5sc4c32)c(-n2c3ccccc3c3ccc4c5ccccc5sc4c32)c(C#N)c1-n1c2ccccc2c2ccc3c4ccccc4sc3c21. The third-order valence-corrected chi connectivity index (χ3v) is 19.4. The van der Waals surface area contributed by atoms with Crippen LogP contribution in [0.4, 0.5) is 0 Å². The van der Waals surface area contributed by atoms with Gasteiger partial charge < -0.3 is 13.7 Å². The summed E-state index contributed by atoms with van der Waals surface area (Å²) >= 11 is 5.32. The molecule has 0 saturated carbocycles. The van der Waals surface area contributed by atoms with E-state index in [2.05, 4.69) is 214 Å². The van der Waals surface area contributed by atoms with Gasteiger partial charge in [-0.3, -0.25) is 4.98 Å². The Morgan fingerprint density at radius 2 is 0.697 bits per heavy atom. The number of hydrogen-bond donors (Lipinski definition) is 0. The van der Waals surface area contributed by atoms with Gasteiger partial charge in [0.25, 0.3) is 0 Å². The van der Waals surface area contributed by atoms with E-state index in [4.69, 9.17) is 4.98 Å². The molecule has 0 atom stereocenters. The van der Waals surface area contributed by atoms with Crippen molar-refractivity contribution in [1.29, 1.82) is 10.5 Å². The number of nitriles is 2. The van der Waals surface area contributed by atoms with Gasteiger partial charge in [0.15, 0.2) is 0 Å². The van der Waals surface area contributed by atoms with Crippen molar-refractivity contribution in [3.05, 3.63) is 218 Å². The Hall–Kier alpha value is -9.61. The summed E-state index contributed by atoms with van der Waals surface area (Å²) in [6.45, 7) is 0. The summed E-state index contributed by atoms with van der Waals surface area (Å²) in [5.74, 6) is 0. The number of rotatable bonds is 4. The number of benzene rings is 10. The summed E-state index contributed by atoms with van der Waals surface area (Å²) in [6, 6.07) is 74.9. The standard InChI is InChI=1S/C67H34N6S3/c68-34-50-58(37-14-13-33-70-36-37)64(73-54-23-9-3-17-40(54)46-29-32-49-43-20-6-12-26-57(43)76-67(49)63(46)73)60(72-53-22-8-2-16-39(53)45-28-31-48-42-19-5-11-25-56(42)75-66(48)62(45)72)51(35-69)59(50)71-52-21-7-1-15-38(52)44-27-30-47-41-18-4-10-24-55(41)74-65(47)61(44)71/h1-33,36H. The molecule has 7 heterocycles. The van der Waals surface area contributed by atoms with Crippen LogP contribution < -0.4 is 0 Å². The fourth-order valence-electron chi connectivity index (χ4n) is 12.8. The Balaban J connectivity index is 1.19. The molecule has 0 spiro atoms. The monoisotopic (exact) mass is 1020 g/mol. The number of hydrogen-bond acceptors (Lipinski definition) is 6. The van der Waals surface area contributed by atoms with Crippen LogP contribution in [0.25, 0.3) is 154 Å². The number of fused-ring (bicyclic) bond motifs is 21. The van der Waals surface area contributed by atoms with E-state index in [1.54, 1.807) is 40.2 Å². The minimum atomic E-state index is 0.381. The molecule has 7 aromatic heterocycles. The molecule has 0 unspecified atom stereocenters. The molecular weight excluding hydrogens is 985 g/mol. The lowest BCUT2D eigenvalue weighted by atomic mass is 9.91. The molecular formula is C67H34N6S3. The summed E-state index contributed by atoms with van der Waals surface area (Å²) in [5, 5.41) is 38.6. The second kappa shape index (κ2) is 15.5. The normalized spacial score (nSPS) is 12.2. The molecule has 0 fully saturated rings. The molecule has 0 aliphatic heterocycles. The lowest BCUT2D eigenvalue weighted by Gasteiger charge is -2.26. The predicted molar refractivity (Wildman–Crippen MR) is 321 cm³/mol. The molecule has 10 aromatic carbocycles. The molecule has 0 N–H and O–H groups in total. The van der Waals surface area contributed by atoms with Gasteiger partial charge in [0.2, 0.25) is 0 Å². The van der Waals surface area contributed by atoms with E-state index >= 15 is 0 Å². The van der Waals surface area contributed by atoms with Crippen molar-refractivity contribution in [2.45, 2.75) is 0 Å². The number of para-hydroxylation sites is 3. The van der Waals surface area contributed by atoms with E-state index in [-0.39, 0.29) is 0 Å². The van der Waals surface area contributed by atoms with Crippen molar-refractivity contribution >= 4 is 160 Å². The maximum Gasteiger partial charge on any atom is 0.104 e. The zero-order chi connectivity index (χ0) is 49.9. The lowest BCUT2D eigenvalue weighted by molar-refractivity contribution is 1.07. The fourth-order valence-corrected chi connectivity index (χ4v) is 16.5. The van der Waals surface area contributed by atoms with Crippen LogP contribution in [0.1, 0.15) is 11.1 Å². The average Bonchev–Trinajstić information content (AvgIpc) is 4.51. The van der Waals surface area contributed by atoms with Crippen LogP contribution in [0.15, 0.2) is 207 Å². The first-order valence-electron chi connectivity index (χ1n) is 25.1. The maximum atomic E-state index is 12.7. The van der Waals surface area contributed by atoms with Gasteiger partial charge in [0, 0.05) is 102 Å². The topological polar surface area (TPSA) is 75.3 Å². The van der Waals surface area contributed by atoms with Crippen LogP contribution >= 0.6 is 34.0 Å². The summed E-state index contributed by atoms with van der Waals surface area (Å²) < 4.78 is 13.9. The van der Waals surface area contributed by atoms with Gasteiger partial charge in [-0.1, -0.05) is 152 Å². The zero-order valence-electron chi connectivity index (χ0n) is 40.0. The Morgan fingerprint density at radius 1 is 0.329 bits per heavy atom. The Morgan fingerprint density at radius 3 is 1.11 bits per heavy atom. The van der Waals surface area contributed by atoms with Gasteiger partial charge >= 0.3 is 0 Å². The first-order chi connectivity index (χ1) is 37.7. The van der Waals surface area contributed by atoms with E-state index in [0.29, 0.717) is 28.1 Å². The first kappa shape index (κ1) is 41.8. The van der Waals surface area contributed by atoms with Gasteiger partial charge in [0.1, 0.15) is 17.7 Å². The predicted octanol–water partition coefficient (Wildman–Crippen LogP) is 18.9. The van der Waals surface area contributed by atoms with E-state index in [1.165, 1.54) is 30.3 Å². The van der Waals surface area contributed by atoms with E-state index < -0.39 is 0 Å². The van der Waals surface area contributed by atoms with E-state index in [0.717, 1.165) is 107 Å². The largest absolute Gasteiger partial charge is 0.305 e. The van der Waals surface area contributed by atoms with Gasteiger partial charge in [-0.15, -0.1) is 34.0 Å². The number of pyridine rings is 1. The van der Waals surface area contributed by atoms with Crippen molar-refractivity contribution in [2.24, 2.45) is 0 Å². The minimum absolute atomic E-state index is 0.381. The Labute approximate surface area is 444 Å². The molecule has 0 aliphatic rings. The molecule has 0 radical (unpaired) electrons. The molecule has 6 nitrogen and oxygen atoms in total. The van der Waals surface area contributed by atoms with Crippen LogP contribution in [0, 0.1) is 22.7 Å². The van der Waals surface area contributed by atoms with Crippen molar-refractivity contribution in [3.63, 3.8) is 0 Å². The van der Waals surface area contributed by atoms with Gasteiger partial charge in [-0.2, -0.15) is 10.5 Å². The van der Waals surface area contributed by atoms with Crippen molar-refractivity contribution in [1.82, 2.24) is 18.7 Å². The lowest BCUT2D eigenvalue weighted by Crippen LogP contribution is -2.14. The maximum absolute atomic E-state index is 12.7. The van der Waals surface area contributed by atoms with Gasteiger partial charge in [-0.25, -0.2) is 0 Å². The molecule has 0 aliphatic carbocycles. The molecule has 17 aromatic rings. The molecule has 0 amide bonds. The number of aromatic nitrogens is 4. The van der Waals surface area contributed by atoms with Crippen LogP contribution in [0.3, 0.4) is 0 Å². The van der Waals surface area contributed by atoms with Crippen molar-refractivity contribution < 1.29 is 0 Å². The molecule has 0 bridgehead atoms. The fraction of sp³-hybridized carbons (Fsp3) is 0. The molecule has 350 valence electrons. The van der Waals surface area contributed by atoms with Crippen LogP contribution in [0.5, 0.6) is 0 Å². The smallest absolute Gasteiger partial charge is 0.104 e. The van der Waals surface area contributed by atoms with Crippen LogP contribution in [-0.2, 0) is 0 Å². The summed E-state index contributed by atoms with van der Waals surface area (Å²) in [4.78, 5) is 4.83.